The van der Waals surface area contributed by atoms with Gasteiger partial charge in [0.05, 0.1) is 6.61 Å². The van der Waals surface area contributed by atoms with E-state index in [0.29, 0.717) is 11.5 Å². The van der Waals surface area contributed by atoms with E-state index in [4.69, 9.17) is 16.2 Å². The largest absolute Gasteiger partial charge is 0.382 e. The SMILES string of the molecule is CN(CC1CCCOC1)c1snc(N)c1C(N)=O. The Bertz CT molecular complexity index is 429. The number of hydrogen-bond donors (Lipinski definition) is 2. The lowest BCUT2D eigenvalue weighted by Crippen LogP contribution is -2.31. The predicted octanol–water partition coefficient (Wildman–Crippen LogP) is 0.687. The highest BCUT2D eigenvalue weighted by molar-refractivity contribution is 7.11. The van der Waals surface area contributed by atoms with Gasteiger partial charge < -0.3 is 21.1 Å². The van der Waals surface area contributed by atoms with E-state index in [1.165, 1.54) is 11.5 Å². The molecule has 4 N–H and O–H groups in total. The Morgan fingerprint density at radius 2 is 2.44 bits per heavy atom. The van der Waals surface area contributed by atoms with E-state index in [1.54, 1.807) is 0 Å². The maximum absolute atomic E-state index is 11.4. The Balaban J connectivity index is 2.08. The number of nitrogens with two attached hydrogens (primary N) is 2. The van der Waals surface area contributed by atoms with Gasteiger partial charge in [0.1, 0.15) is 10.6 Å². The van der Waals surface area contributed by atoms with Crippen molar-refractivity contribution in [1.82, 2.24) is 4.37 Å². The first-order valence-electron chi connectivity index (χ1n) is 5.93. The molecule has 0 bridgehead atoms. The molecule has 1 aliphatic heterocycles. The number of aromatic nitrogens is 1. The maximum atomic E-state index is 11.4. The summed E-state index contributed by atoms with van der Waals surface area (Å²) in [5.41, 5.74) is 11.3. The first kappa shape index (κ1) is 13.1. The van der Waals surface area contributed by atoms with Gasteiger partial charge in [-0.1, -0.05) is 0 Å². The smallest absolute Gasteiger partial charge is 0.255 e. The number of nitrogen functional groups attached to an aromatic ring is 1. The topological polar surface area (TPSA) is 94.5 Å². The summed E-state index contributed by atoms with van der Waals surface area (Å²) < 4.78 is 9.44. The zero-order valence-electron chi connectivity index (χ0n) is 10.4. The van der Waals surface area contributed by atoms with Crippen LogP contribution in [0.2, 0.25) is 0 Å². The molecule has 1 aliphatic rings. The molecule has 1 unspecified atom stereocenters. The standard InChI is InChI=1S/C11H18N4O2S/c1-15(5-7-3-2-4-17-6-7)11-8(10(13)16)9(12)14-18-11/h7H,2-6H2,1H3,(H2,12,14)(H2,13,16). The molecule has 18 heavy (non-hydrogen) atoms. The summed E-state index contributed by atoms with van der Waals surface area (Å²) in [6.45, 7) is 2.44. The zero-order valence-corrected chi connectivity index (χ0v) is 11.2. The minimum atomic E-state index is -0.525. The van der Waals surface area contributed by atoms with E-state index in [1.807, 2.05) is 11.9 Å². The first-order chi connectivity index (χ1) is 8.59. The Morgan fingerprint density at radius 1 is 1.67 bits per heavy atom. The van der Waals surface area contributed by atoms with Gasteiger partial charge in [-0.3, -0.25) is 4.79 Å². The van der Waals surface area contributed by atoms with Crippen LogP contribution in [0, 0.1) is 5.92 Å². The monoisotopic (exact) mass is 270 g/mol. The van der Waals surface area contributed by atoms with Gasteiger partial charge in [-0.25, -0.2) is 0 Å². The lowest BCUT2D eigenvalue weighted by Gasteiger charge is -2.27. The number of carbonyl (C=O) groups is 1. The number of anilines is 2. The zero-order chi connectivity index (χ0) is 13.1. The number of carbonyl (C=O) groups excluding carboxylic acids is 1. The molecule has 1 fully saturated rings. The number of amides is 1. The van der Waals surface area contributed by atoms with Gasteiger partial charge in [0.2, 0.25) is 0 Å². The molecule has 1 aromatic heterocycles. The van der Waals surface area contributed by atoms with Crippen LogP contribution in [0.5, 0.6) is 0 Å². The summed E-state index contributed by atoms with van der Waals surface area (Å²) in [5, 5.41) is 0.741. The number of rotatable bonds is 4. The predicted molar refractivity (Wildman–Crippen MR) is 71.9 cm³/mol. The van der Waals surface area contributed by atoms with Crippen LogP contribution in [0.25, 0.3) is 0 Å². The fourth-order valence-electron chi connectivity index (χ4n) is 2.21. The van der Waals surface area contributed by atoms with Gasteiger partial charge >= 0.3 is 0 Å². The van der Waals surface area contributed by atoms with Crippen LogP contribution in [0.15, 0.2) is 0 Å². The Hall–Kier alpha value is -1.34. The third kappa shape index (κ3) is 2.73. The average Bonchev–Trinajstić information content (AvgIpc) is 2.72. The summed E-state index contributed by atoms with van der Waals surface area (Å²) in [6.07, 6.45) is 2.23. The highest BCUT2D eigenvalue weighted by Crippen LogP contribution is 2.30. The van der Waals surface area contributed by atoms with Crippen LogP contribution in [-0.2, 0) is 4.74 Å². The van der Waals surface area contributed by atoms with Crippen molar-refractivity contribution in [2.24, 2.45) is 11.7 Å². The quantitative estimate of drug-likeness (QED) is 0.839. The normalized spacial score (nSPS) is 19.7. The van der Waals surface area contributed by atoms with Gasteiger partial charge in [0, 0.05) is 20.2 Å². The minimum Gasteiger partial charge on any atom is -0.382 e. The molecule has 1 amide bonds. The van der Waals surface area contributed by atoms with Crippen molar-refractivity contribution >= 4 is 28.3 Å². The summed E-state index contributed by atoms with van der Waals surface area (Å²) >= 11 is 1.21. The molecular weight excluding hydrogens is 252 g/mol. The molecule has 6 nitrogen and oxygen atoms in total. The van der Waals surface area contributed by atoms with E-state index < -0.39 is 5.91 Å². The van der Waals surface area contributed by atoms with Crippen molar-refractivity contribution in [3.05, 3.63) is 5.56 Å². The molecule has 100 valence electrons. The highest BCUT2D eigenvalue weighted by atomic mass is 32.1. The molecule has 2 rings (SSSR count). The summed E-state index contributed by atoms with van der Waals surface area (Å²) in [4.78, 5) is 13.4. The molecule has 0 spiro atoms. The van der Waals surface area contributed by atoms with Gasteiger partial charge in [0.25, 0.3) is 5.91 Å². The van der Waals surface area contributed by atoms with E-state index in [-0.39, 0.29) is 5.82 Å². The van der Waals surface area contributed by atoms with Crippen LogP contribution in [-0.4, -0.2) is 37.1 Å². The van der Waals surface area contributed by atoms with Crippen LogP contribution in [0.3, 0.4) is 0 Å². The molecule has 0 saturated carbocycles. The molecule has 1 atom stereocenters. The highest BCUT2D eigenvalue weighted by Gasteiger charge is 2.22. The maximum Gasteiger partial charge on any atom is 0.255 e. The minimum absolute atomic E-state index is 0.217. The third-order valence-corrected chi connectivity index (χ3v) is 4.06. The van der Waals surface area contributed by atoms with Crippen LogP contribution in [0.4, 0.5) is 10.8 Å². The van der Waals surface area contributed by atoms with Crippen molar-refractivity contribution in [1.29, 1.82) is 0 Å². The van der Waals surface area contributed by atoms with E-state index in [9.17, 15) is 4.79 Å². The number of primary amides is 1. The summed E-state index contributed by atoms with van der Waals surface area (Å²) in [7, 11) is 1.92. The van der Waals surface area contributed by atoms with Gasteiger partial charge in [-0.05, 0) is 30.3 Å². The molecule has 0 aromatic carbocycles. The van der Waals surface area contributed by atoms with E-state index >= 15 is 0 Å². The molecule has 1 saturated heterocycles. The van der Waals surface area contributed by atoms with Crippen LogP contribution in [0.1, 0.15) is 23.2 Å². The first-order valence-corrected chi connectivity index (χ1v) is 6.70. The van der Waals surface area contributed by atoms with Crippen molar-refractivity contribution in [2.75, 3.05) is 37.4 Å². The van der Waals surface area contributed by atoms with Crippen molar-refractivity contribution in [2.45, 2.75) is 12.8 Å². The van der Waals surface area contributed by atoms with Gasteiger partial charge in [-0.15, -0.1) is 0 Å². The molecule has 1 aromatic rings. The van der Waals surface area contributed by atoms with Crippen molar-refractivity contribution in [3.8, 4) is 0 Å². The van der Waals surface area contributed by atoms with Crippen molar-refractivity contribution in [3.63, 3.8) is 0 Å². The molecular formula is C11H18N4O2S. The molecule has 0 radical (unpaired) electrons. The van der Waals surface area contributed by atoms with Crippen LogP contribution < -0.4 is 16.4 Å². The Labute approximate surface area is 110 Å². The van der Waals surface area contributed by atoms with Gasteiger partial charge in [-0.2, -0.15) is 4.37 Å². The second-order valence-corrected chi connectivity index (χ2v) is 5.33. The van der Waals surface area contributed by atoms with E-state index in [0.717, 1.165) is 37.6 Å². The molecule has 0 aliphatic carbocycles. The van der Waals surface area contributed by atoms with Gasteiger partial charge in [0.15, 0.2) is 5.82 Å². The molecule has 2 heterocycles. The fraction of sp³-hybridized carbons (Fsp3) is 0.636. The molecule has 7 heteroatoms. The van der Waals surface area contributed by atoms with E-state index in [2.05, 4.69) is 4.37 Å². The van der Waals surface area contributed by atoms with Crippen LogP contribution >= 0.6 is 11.5 Å². The second kappa shape index (κ2) is 5.53. The number of nitrogens with zero attached hydrogens (tertiary/aromatic N) is 2. The third-order valence-electron chi connectivity index (χ3n) is 3.08. The number of ether oxygens (including phenoxy) is 1. The number of hydrogen-bond acceptors (Lipinski definition) is 6. The Kier molecular flexibility index (Phi) is 4.03. The summed E-state index contributed by atoms with van der Waals surface area (Å²) in [6, 6.07) is 0. The lowest BCUT2D eigenvalue weighted by molar-refractivity contribution is 0.0577. The Morgan fingerprint density at radius 3 is 3.06 bits per heavy atom. The fourth-order valence-corrected chi connectivity index (χ4v) is 2.99. The second-order valence-electron chi connectivity index (χ2n) is 4.58. The lowest BCUT2D eigenvalue weighted by atomic mass is 10.0. The van der Waals surface area contributed by atoms with Crippen molar-refractivity contribution < 1.29 is 9.53 Å². The average molecular weight is 270 g/mol. The summed E-state index contributed by atoms with van der Waals surface area (Å²) in [5.74, 6) is 0.171.